The summed E-state index contributed by atoms with van der Waals surface area (Å²) in [6.45, 7) is 2.01. The minimum Gasteiger partial charge on any atom is -0.496 e. The van der Waals surface area contributed by atoms with E-state index in [0.717, 1.165) is 22.4 Å². The van der Waals surface area contributed by atoms with E-state index >= 15 is 0 Å². The number of benzene rings is 1. The average Bonchev–Trinajstić information content (AvgIpc) is 2.43. The zero-order chi connectivity index (χ0) is 13.8. The Hall–Kier alpha value is -2.11. The molecule has 1 atom stereocenters. The van der Waals surface area contributed by atoms with Gasteiger partial charge in [-0.3, -0.25) is 5.84 Å². The molecule has 1 unspecified atom stereocenters. The molecule has 5 nitrogen and oxygen atoms in total. The van der Waals surface area contributed by atoms with Gasteiger partial charge in [0.05, 0.1) is 13.2 Å². The Kier molecular flexibility index (Phi) is 3.99. The van der Waals surface area contributed by atoms with Gasteiger partial charge < -0.3 is 10.5 Å². The van der Waals surface area contributed by atoms with Gasteiger partial charge in [0.2, 0.25) is 0 Å². The fourth-order valence-corrected chi connectivity index (χ4v) is 2.08. The number of hydrazine groups is 1. The average molecular weight is 258 g/mol. The third-order valence-corrected chi connectivity index (χ3v) is 3.05. The number of aryl methyl sites for hydroxylation is 1. The van der Waals surface area contributed by atoms with E-state index in [1.54, 1.807) is 13.3 Å². The van der Waals surface area contributed by atoms with Gasteiger partial charge >= 0.3 is 0 Å². The summed E-state index contributed by atoms with van der Waals surface area (Å²) in [6.07, 6.45) is 1.65. The van der Waals surface area contributed by atoms with Crippen molar-refractivity contribution in [3.8, 4) is 5.75 Å². The number of nitrogens with one attached hydrogen (secondary N) is 1. The minimum absolute atomic E-state index is 0.260. The summed E-state index contributed by atoms with van der Waals surface area (Å²) in [5.41, 5.74) is 11.6. The molecule has 0 radical (unpaired) electrons. The highest BCUT2D eigenvalue weighted by Gasteiger charge is 2.19. The lowest BCUT2D eigenvalue weighted by molar-refractivity contribution is 0.404. The van der Waals surface area contributed by atoms with Crippen LogP contribution in [-0.4, -0.2) is 12.1 Å². The molecule has 0 fully saturated rings. The Morgan fingerprint density at radius 2 is 2.05 bits per heavy atom. The fourth-order valence-electron chi connectivity index (χ4n) is 2.08. The second-order valence-electron chi connectivity index (χ2n) is 4.32. The number of nitrogens with two attached hydrogens (primary N) is 2. The molecule has 2 aromatic rings. The predicted molar refractivity (Wildman–Crippen MR) is 75.5 cm³/mol. The van der Waals surface area contributed by atoms with Crippen LogP contribution < -0.4 is 21.7 Å². The number of methoxy groups -OCH3 is 1. The largest absolute Gasteiger partial charge is 0.496 e. The molecule has 1 aromatic carbocycles. The van der Waals surface area contributed by atoms with Crippen LogP contribution in [0.15, 0.2) is 36.5 Å². The lowest BCUT2D eigenvalue weighted by atomic mass is 9.98. The molecule has 0 amide bonds. The zero-order valence-corrected chi connectivity index (χ0v) is 11.1. The summed E-state index contributed by atoms with van der Waals surface area (Å²) in [4.78, 5) is 4.09. The van der Waals surface area contributed by atoms with Gasteiger partial charge in [0.1, 0.15) is 11.6 Å². The number of rotatable bonds is 4. The maximum atomic E-state index is 5.91. The number of hydrogen-bond acceptors (Lipinski definition) is 5. The Bertz CT molecular complexity index is 571. The SMILES string of the molecule is COc1cc(C)ccc1C(NN)c1cccnc1N. The van der Waals surface area contributed by atoms with Gasteiger partial charge in [-0.25, -0.2) is 10.4 Å². The highest BCUT2D eigenvalue weighted by Crippen LogP contribution is 2.32. The van der Waals surface area contributed by atoms with E-state index in [2.05, 4.69) is 10.4 Å². The van der Waals surface area contributed by atoms with Crippen molar-refractivity contribution < 1.29 is 4.74 Å². The molecule has 0 aliphatic heterocycles. The smallest absolute Gasteiger partial charge is 0.128 e. The third-order valence-electron chi connectivity index (χ3n) is 3.05. The molecule has 0 saturated heterocycles. The Labute approximate surface area is 112 Å². The Morgan fingerprint density at radius 1 is 1.26 bits per heavy atom. The third kappa shape index (κ3) is 2.67. The number of pyridine rings is 1. The molecule has 0 bridgehead atoms. The maximum absolute atomic E-state index is 5.91. The normalized spacial score (nSPS) is 12.2. The highest BCUT2D eigenvalue weighted by atomic mass is 16.5. The van der Waals surface area contributed by atoms with E-state index in [-0.39, 0.29) is 6.04 Å². The van der Waals surface area contributed by atoms with Crippen molar-refractivity contribution in [1.82, 2.24) is 10.4 Å². The number of aromatic nitrogens is 1. The monoisotopic (exact) mass is 258 g/mol. The van der Waals surface area contributed by atoms with Crippen molar-refractivity contribution in [3.05, 3.63) is 53.2 Å². The van der Waals surface area contributed by atoms with Crippen LogP contribution in [-0.2, 0) is 0 Å². The van der Waals surface area contributed by atoms with Gasteiger partial charge in [-0.2, -0.15) is 0 Å². The maximum Gasteiger partial charge on any atom is 0.128 e. The van der Waals surface area contributed by atoms with Crippen LogP contribution in [0.5, 0.6) is 5.75 Å². The molecule has 1 aromatic heterocycles. The van der Waals surface area contributed by atoms with Gasteiger partial charge in [-0.05, 0) is 24.6 Å². The summed E-state index contributed by atoms with van der Waals surface area (Å²) in [7, 11) is 1.64. The van der Waals surface area contributed by atoms with Crippen LogP contribution in [0.25, 0.3) is 0 Å². The van der Waals surface area contributed by atoms with E-state index < -0.39 is 0 Å². The van der Waals surface area contributed by atoms with Crippen molar-refractivity contribution in [3.63, 3.8) is 0 Å². The topological polar surface area (TPSA) is 86.2 Å². The minimum atomic E-state index is -0.260. The van der Waals surface area contributed by atoms with Crippen LogP contribution >= 0.6 is 0 Å². The van der Waals surface area contributed by atoms with Crippen molar-refractivity contribution in [2.24, 2.45) is 5.84 Å². The molecule has 1 heterocycles. The first-order valence-electron chi connectivity index (χ1n) is 5.98. The van der Waals surface area contributed by atoms with Crippen molar-refractivity contribution in [2.75, 3.05) is 12.8 Å². The lowest BCUT2D eigenvalue weighted by Gasteiger charge is -2.20. The molecule has 0 spiro atoms. The van der Waals surface area contributed by atoms with Gasteiger partial charge in [0, 0.05) is 17.3 Å². The van der Waals surface area contributed by atoms with Crippen LogP contribution in [0.2, 0.25) is 0 Å². The molecule has 5 heteroatoms. The summed E-state index contributed by atoms with van der Waals surface area (Å²) in [5, 5.41) is 0. The molecule has 5 N–H and O–H groups in total. The molecule has 100 valence electrons. The molecule has 0 aliphatic rings. The first-order chi connectivity index (χ1) is 9.17. The van der Waals surface area contributed by atoms with Crippen LogP contribution in [0.3, 0.4) is 0 Å². The van der Waals surface area contributed by atoms with Crippen LogP contribution in [0.4, 0.5) is 5.82 Å². The van der Waals surface area contributed by atoms with E-state index in [1.807, 2.05) is 37.3 Å². The number of nitrogens with zero attached hydrogens (tertiary/aromatic N) is 1. The van der Waals surface area contributed by atoms with Gasteiger partial charge in [0.25, 0.3) is 0 Å². The molecule has 0 aliphatic carbocycles. The second-order valence-corrected chi connectivity index (χ2v) is 4.32. The van der Waals surface area contributed by atoms with E-state index in [0.29, 0.717) is 5.82 Å². The van der Waals surface area contributed by atoms with E-state index in [9.17, 15) is 0 Å². The number of hydrogen-bond donors (Lipinski definition) is 3. The highest BCUT2D eigenvalue weighted by molar-refractivity contribution is 5.49. The number of nitrogen functional groups attached to an aromatic ring is 1. The predicted octanol–water partition coefficient (Wildman–Crippen LogP) is 1.53. The first-order valence-corrected chi connectivity index (χ1v) is 5.98. The van der Waals surface area contributed by atoms with Gasteiger partial charge in [-0.1, -0.05) is 18.2 Å². The number of anilines is 1. The van der Waals surface area contributed by atoms with Crippen molar-refractivity contribution in [2.45, 2.75) is 13.0 Å². The van der Waals surface area contributed by atoms with Crippen molar-refractivity contribution in [1.29, 1.82) is 0 Å². The standard InChI is InChI=1S/C14H18N4O/c1-9-5-6-10(12(8-9)19-2)13(18-16)11-4-3-7-17-14(11)15/h3-8,13,18H,16H2,1-2H3,(H2,15,17). The first kappa shape index (κ1) is 13.3. The van der Waals surface area contributed by atoms with E-state index in [1.165, 1.54) is 0 Å². The van der Waals surface area contributed by atoms with Gasteiger partial charge in [-0.15, -0.1) is 0 Å². The summed E-state index contributed by atoms with van der Waals surface area (Å²) in [5.74, 6) is 6.90. The van der Waals surface area contributed by atoms with Crippen LogP contribution in [0.1, 0.15) is 22.7 Å². The summed E-state index contributed by atoms with van der Waals surface area (Å²) < 4.78 is 5.41. The quantitative estimate of drug-likeness (QED) is 0.572. The number of ether oxygens (including phenoxy) is 1. The van der Waals surface area contributed by atoms with Crippen LogP contribution in [0, 0.1) is 6.92 Å². The molecule has 2 rings (SSSR count). The second kappa shape index (κ2) is 5.69. The Morgan fingerprint density at radius 3 is 2.68 bits per heavy atom. The van der Waals surface area contributed by atoms with Gasteiger partial charge in [0.15, 0.2) is 0 Å². The molecular weight excluding hydrogens is 240 g/mol. The fraction of sp³-hybridized carbons (Fsp3) is 0.214. The summed E-state index contributed by atoms with van der Waals surface area (Å²) in [6, 6.07) is 9.42. The molecule has 19 heavy (non-hydrogen) atoms. The molecular formula is C14H18N4O. The lowest BCUT2D eigenvalue weighted by Crippen LogP contribution is -2.30. The van der Waals surface area contributed by atoms with Crippen molar-refractivity contribution >= 4 is 5.82 Å². The van der Waals surface area contributed by atoms with E-state index in [4.69, 9.17) is 16.3 Å². The Balaban J connectivity index is 2.51. The molecule has 0 saturated carbocycles. The summed E-state index contributed by atoms with van der Waals surface area (Å²) >= 11 is 0. The zero-order valence-electron chi connectivity index (χ0n) is 11.1.